The van der Waals surface area contributed by atoms with Gasteiger partial charge in [0, 0.05) is 24.3 Å². The van der Waals surface area contributed by atoms with Gasteiger partial charge >= 0.3 is 5.97 Å². The largest absolute Gasteiger partial charge is 0.478 e. The number of hydrogen-bond acceptors (Lipinski definition) is 5. The van der Waals surface area contributed by atoms with Crippen LogP contribution >= 0.6 is 0 Å². The summed E-state index contributed by atoms with van der Waals surface area (Å²) in [5.74, 6) is -0.432. The van der Waals surface area contributed by atoms with Gasteiger partial charge in [-0.25, -0.2) is 14.8 Å². The standard InChI is InChI=1S/C15H22N4O2/c1-9-13(14(20)21)8-16-15(17-9)18-10-6-11-4-3-5-12(7-10)19(11)2/h8,10-12H,3-7H2,1-2H3,(H,20,21)(H,16,17,18). The molecule has 6 heteroatoms. The Labute approximate surface area is 124 Å². The number of aromatic carboxylic acids is 1. The van der Waals surface area contributed by atoms with Gasteiger partial charge in [0.2, 0.25) is 5.95 Å². The van der Waals surface area contributed by atoms with Crippen LogP contribution in [0.15, 0.2) is 6.20 Å². The zero-order valence-electron chi connectivity index (χ0n) is 12.5. The number of carboxylic acid groups (broad SMARTS) is 1. The molecule has 114 valence electrons. The zero-order chi connectivity index (χ0) is 15.0. The minimum atomic E-state index is -0.979. The molecule has 2 saturated heterocycles. The number of fused-ring (bicyclic) bond motifs is 2. The van der Waals surface area contributed by atoms with Crippen LogP contribution in [0.1, 0.15) is 48.2 Å². The summed E-state index contributed by atoms with van der Waals surface area (Å²) in [5.41, 5.74) is 0.675. The maximum Gasteiger partial charge on any atom is 0.339 e. The van der Waals surface area contributed by atoms with Crippen LogP contribution in [-0.2, 0) is 0 Å². The van der Waals surface area contributed by atoms with Crippen LogP contribution in [0.25, 0.3) is 0 Å². The van der Waals surface area contributed by atoms with Gasteiger partial charge in [0.1, 0.15) is 0 Å². The first-order valence-electron chi connectivity index (χ1n) is 7.60. The van der Waals surface area contributed by atoms with Gasteiger partial charge in [0.25, 0.3) is 0 Å². The molecule has 3 heterocycles. The van der Waals surface area contributed by atoms with Gasteiger partial charge in [-0.05, 0) is 39.7 Å². The number of rotatable bonds is 3. The fraction of sp³-hybridized carbons (Fsp3) is 0.667. The minimum Gasteiger partial charge on any atom is -0.478 e. The van der Waals surface area contributed by atoms with E-state index in [1.54, 1.807) is 6.92 Å². The average molecular weight is 290 g/mol. The van der Waals surface area contributed by atoms with Crippen molar-refractivity contribution in [3.8, 4) is 0 Å². The van der Waals surface area contributed by atoms with Gasteiger partial charge in [-0.2, -0.15) is 0 Å². The third kappa shape index (κ3) is 2.85. The van der Waals surface area contributed by atoms with Crippen molar-refractivity contribution < 1.29 is 9.90 Å². The summed E-state index contributed by atoms with van der Waals surface area (Å²) < 4.78 is 0. The van der Waals surface area contributed by atoms with E-state index in [4.69, 9.17) is 5.11 Å². The molecule has 0 aliphatic carbocycles. The second-order valence-electron chi connectivity index (χ2n) is 6.21. The normalized spacial score (nSPS) is 29.1. The Hall–Kier alpha value is -1.69. The lowest BCUT2D eigenvalue weighted by molar-refractivity contribution is 0.0607. The number of aromatic nitrogens is 2. The van der Waals surface area contributed by atoms with Gasteiger partial charge < -0.3 is 15.3 Å². The summed E-state index contributed by atoms with van der Waals surface area (Å²) in [5, 5.41) is 12.4. The van der Waals surface area contributed by atoms with Crippen molar-refractivity contribution in [2.75, 3.05) is 12.4 Å². The summed E-state index contributed by atoms with van der Waals surface area (Å²) in [6.07, 6.45) is 7.47. The van der Waals surface area contributed by atoms with Crippen LogP contribution in [0.3, 0.4) is 0 Å². The van der Waals surface area contributed by atoms with Crippen LogP contribution in [0, 0.1) is 6.92 Å². The fourth-order valence-corrected chi connectivity index (χ4v) is 3.66. The Bertz CT molecular complexity index is 534. The number of hydrogen-bond donors (Lipinski definition) is 2. The molecule has 2 atom stereocenters. The van der Waals surface area contributed by atoms with Crippen LogP contribution in [-0.4, -0.2) is 51.1 Å². The molecule has 2 N–H and O–H groups in total. The summed E-state index contributed by atoms with van der Waals surface area (Å²) in [6, 6.07) is 1.68. The van der Waals surface area contributed by atoms with Gasteiger partial charge in [-0.1, -0.05) is 6.42 Å². The van der Waals surface area contributed by atoms with Crippen molar-refractivity contribution in [2.24, 2.45) is 0 Å². The smallest absolute Gasteiger partial charge is 0.339 e. The van der Waals surface area contributed by atoms with E-state index < -0.39 is 5.97 Å². The summed E-state index contributed by atoms with van der Waals surface area (Å²) in [6.45, 7) is 1.71. The van der Waals surface area contributed by atoms with Crippen molar-refractivity contribution in [3.05, 3.63) is 17.5 Å². The molecule has 0 aromatic carbocycles. The molecule has 3 rings (SSSR count). The topological polar surface area (TPSA) is 78.4 Å². The Balaban J connectivity index is 1.70. The Kier molecular flexibility index (Phi) is 3.80. The molecule has 1 aromatic rings. The first kappa shape index (κ1) is 14.3. The second-order valence-corrected chi connectivity index (χ2v) is 6.21. The SMILES string of the molecule is Cc1nc(NC2CC3CCCC(C2)N3C)ncc1C(=O)O. The molecule has 0 amide bonds. The molecule has 2 unspecified atom stereocenters. The average Bonchev–Trinajstić information content (AvgIpc) is 2.39. The lowest BCUT2D eigenvalue weighted by atomic mass is 9.82. The molecule has 0 spiro atoms. The third-order valence-corrected chi connectivity index (χ3v) is 4.88. The summed E-state index contributed by atoms with van der Waals surface area (Å²) in [7, 11) is 2.23. The number of carboxylic acids is 1. The van der Waals surface area contributed by atoms with Crippen LogP contribution in [0.2, 0.25) is 0 Å². The molecule has 2 bridgehead atoms. The van der Waals surface area contributed by atoms with E-state index in [0.29, 0.717) is 29.8 Å². The van der Waals surface area contributed by atoms with Gasteiger partial charge in [-0.15, -0.1) is 0 Å². The van der Waals surface area contributed by atoms with Crippen molar-refractivity contribution >= 4 is 11.9 Å². The van der Waals surface area contributed by atoms with Crippen molar-refractivity contribution in [1.82, 2.24) is 14.9 Å². The fourth-order valence-electron chi connectivity index (χ4n) is 3.66. The summed E-state index contributed by atoms with van der Waals surface area (Å²) >= 11 is 0. The van der Waals surface area contributed by atoms with E-state index in [0.717, 1.165) is 12.8 Å². The monoisotopic (exact) mass is 290 g/mol. The highest BCUT2D eigenvalue weighted by atomic mass is 16.4. The molecule has 2 aliphatic rings. The number of anilines is 1. The zero-order valence-corrected chi connectivity index (χ0v) is 12.5. The number of piperidine rings is 2. The van der Waals surface area contributed by atoms with Crippen LogP contribution in [0.4, 0.5) is 5.95 Å². The van der Waals surface area contributed by atoms with Gasteiger partial charge in [-0.3, -0.25) is 0 Å². The lowest BCUT2D eigenvalue weighted by Gasteiger charge is -2.47. The van der Waals surface area contributed by atoms with Gasteiger partial charge in [0.05, 0.1) is 11.3 Å². The maximum atomic E-state index is 11.0. The molecule has 2 aliphatic heterocycles. The van der Waals surface area contributed by atoms with E-state index in [1.165, 1.54) is 25.5 Å². The highest BCUT2D eigenvalue weighted by Crippen LogP contribution is 2.33. The molecule has 2 fully saturated rings. The molecule has 0 radical (unpaired) electrons. The molecule has 1 aromatic heterocycles. The summed E-state index contributed by atoms with van der Waals surface area (Å²) in [4.78, 5) is 21.9. The predicted molar refractivity (Wildman–Crippen MR) is 79.6 cm³/mol. The van der Waals surface area contributed by atoms with E-state index >= 15 is 0 Å². The highest BCUT2D eigenvalue weighted by Gasteiger charge is 2.36. The van der Waals surface area contributed by atoms with Crippen molar-refractivity contribution in [2.45, 2.75) is 57.2 Å². The Morgan fingerprint density at radius 2 is 2.05 bits per heavy atom. The molecule has 0 saturated carbocycles. The minimum absolute atomic E-state index is 0.167. The van der Waals surface area contributed by atoms with E-state index in [1.807, 2.05) is 0 Å². The molecular weight excluding hydrogens is 268 g/mol. The highest BCUT2D eigenvalue weighted by molar-refractivity contribution is 5.88. The van der Waals surface area contributed by atoms with Crippen molar-refractivity contribution in [3.63, 3.8) is 0 Å². The maximum absolute atomic E-state index is 11.0. The van der Waals surface area contributed by atoms with E-state index in [2.05, 4.69) is 27.2 Å². The molecular formula is C15H22N4O2. The van der Waals surface area contributed by atoms with E-state index in [9.17, 15) is 4.79 Å². The predicted octanol–water partition coefficient (Wildman–Crippen LogP) is 1.91. The lowest BCUT2D eigenvalue weighted by Crippen LogP contribution is -2.52. The van der Waals surface area contributed by atoms with Gasteiger partial charge in [0.15, 0.2) is 0 Å². The van der Waals surface area contributed by atoms with Crippen LogP contribution < -0.4 is 5.32 Å². The van der Waals surface area contributed by atoms with Crippen LogP contribution in [0.5, 0.6) is 0 Å². The first-order valence-corrected chi connectivity index (χ1v) is 7.60. The first-order chi connectivity index (χ1) is 10.0. The number of nitrogens with zero attached hydrogens (tertiary/aromatic N) is 3. The number of carbonyl (C=O) groups is 1. The third-order valence-electron chi connectivity index (χ3n) is 4.88. The number of aryl methyl sites for hydroxylation is 1. The number of nitrogens with one attached hydrogen (secondary N) is 1. The van der Waals surface area contributed by atoms with Crippen molar-refractivity contribution in [1.29, 1.82) is 0 Å². The van der Waals surface area contributed by atoms with E-state index in [-0.39, 0.29) is 5.56 Å². The quantitative estimate of drug-likeness (QED) is 0.885. The molecule has 6 nitrogen and oxygen atoms in total. The second kappa shape index (κ2) is 5.60. The Morgan fingerprint density at radius 1 is 1.38 bits per heavy atom. The molecule has 21 heavy (non-hydrogen) atoms. The Morgan fingerprint density at radius 3 is 2.62 bits per heavy atom.